The maximum atomic E-state index is 12.7. The van der Waals surface area contributed by atoms with Gasteiger partial charge in [-0.15, -0.1) is 0 Å². The fraction of sp³-hybridized carbons (Fsp3) is 0.780. The molecule has 0 saturated carbocycles. The quantitative estimate of drug-likeness (QED) is 0.0230. The molecule has 11 nitrogen and oxygen atoms in total. The maximum absolute atomic E-state index is 12.7. The molecule has 1 unspecified atom stereocenters. The number of ether oxygens (including phenoxy) is 2. The molecule has 0 amide bonds. The number of phosphoric ester groups is 1. The molecule has 0 bridgehead atoms. The number of hydrogen-bond acceptors (Lipinski definition) is 9. The molecule has 0 heterocycles. The van der Waals surface area contributed by atoms with Gasteiger partial charge in [-0.05, 0) is 77.0 Å². The van der Waals surface area contributed by atoms with Gasteiger partial charge in [-0.3, -0.25) is 23.4 Å². The number of hydrogen-bond donors (Lipinski definition) is 3. The summed E-state index contributed by atoms with van der Waals surface area (Å²) in [6.07, 6.45) is 52.0. The van der Waals surface area contributed by atoms with Gasteiger partial charge in [-0.2, -0.15) is 0 Å². The van der Waals surface area contributed by atoms with Crippen molar-refractivity contribution < 1.29 is 47.5 Å². The van der Waals surface area contributed by atoms with Crippen molar-refractivity contribution in [2.75, 3.05) is 19.8 Å². The summed E-state index contributed by atoms with van der Waals surface area (Å²) in [6.45, 7) is 2.75. The van der Waals surface area contributed by atoms with Crippen LogP contribution in [0.1, 0.15) is 219 Å². The average Bonchev–Trinajstić information content (AvgIpc) is 3.25. The first-order valence-corrected chi connectivity index (χ1v) is 26.2. The highest BCUT2D eigenvalue weighted by Gasteiger charge is 2.28. The summed E-state index contributed by atoms with van der Waals surface area (Å²) in [5.74, 6) is -2.47. The number of rotatable bonds is 46. The number of aliphatic carboxylic acids is 1. The van der Waals surface area contributed by atoms with Crippen LogP contribution >= 0.6 is 7.82 Å². The van der Waals surface area contributed by atoms with E-state index >= 15 is 0 Å². The van der Waals surface area contributed by atoms with Gasteiger partial charge in [-0.1, -0.05) is 178 Å². The summed E-state index contributed by atoms with van der Waals surface area (Å²) in [7, 11) is -4.74. The van der Waals surface area contributed by atoms with Gasteiger partial charge < -0.3 is 25.2 Å². The molecule has 62 heavy (non-hydrogen) atoms. The van der Waals surface area contributed by atoms with E-state index in [2.05, 4.69) is 60.9 Å². The number of esters is 2. The Balaban J connectivity index is 4.35. The first-order valence-electron chi connectivity index (χ1n) is 24.7. The van der Waals surface area contributed by atoms with Crippen molar-refractivity contribution in [1.82, 2.24) is 0 Å². The highest BCUT2D eigenvalue weighted by atomic mass is 31.2. The van der Waals surface area contributed by atoms with E-state index in [1.54, 1.807) is 0 Å². The minimum atomic E-state index is -4.74. The molecule has 3 atom stereocenters. The van der Waals surface area contributed by atoms with E-state index in [1.165, 1.54) is 128 Å². The van der Waals surface area contributed by atoms with E-state index in [0.29, 0.717) is 19.3 Å². The number of carboxylic acids is 1. The number of unbranched alkanes of at least 4 members (excludes halogenated alkanes) is 24. The molecule has 0 aromatic heterocycles. The van der Waals surface area contributed by atoms with Crippen molar-refractivity contribution in [1.29, 1.82) is 0 Å². The zero-order valence-corrected chi connectivity index (χ0v) is 40.1. The van der Waals surface area contributed by atoms with Crippen LogP contribution in [0, 0.1) is 0 Å². The Kier molecular flexibility index (Phi) is 43.2. The molecule has 0 saturated heterocycles. The van der Waals surface area contributed by atoms with Crippen molar-refractivity contribution in [2.24, 2.45) is 5.73 Å². The minimum absolute atomic E-state index is 0.0943. The van der Waals surface area contributed by atoms with Gasteiger partial charge in [0.1, 0.15) is 12.6 Å². The van der Waals surface area contributed by atoms with Gasteiger partial charge in [0.15, 0.2) is 6.10 Å². The molecular formula is C50H90NO10P. The molecular weight excluding hydrogens is 806 g/mol. The molecule has 0 aliphatic carbocycles. The van der Waals surface area contributed by atoms with Gasteiger partial charge in [0.05, 0.1) is 13.2 Å². The largest absolute Gasteiger partial charge is 0.480 e. The van der Waals surface area contributed by atoms with E-state index in [-0.39, 0.29) is 19.4 Å². The Bertz CT molecular complexity index is 1240. The van der Waals surface area contributed by atoms with Crippen LogP contribution in [-0.4, -0.2) is 59.9 Å². The Morgan fingerprint density at radius 1 is 0.500 bits per heavy atom. The summed E-state index contributed by atoms with van der Waals surface area (Å²) in [5.41, 5.74) is 5.34. The van der Waals surface area contributed by atoms with Crippen LogP contribution in [0.15, 0.2) is 48.6 Å². The lowest BCUT2D eigenvalue weighted by molar-refractivity contribution is -0.161. The van der Waals surface area contributed by atoms with Crippen LogP contribution < -0.4 is 5.73 Å². The van der Waals surface area contributed by atoms with Gasteiger partial charge >= 0.3 is 25.7 Å². The molecule has 0 spiro atoms. The molecule has 0 rings (SSSR count). The molecule has 12 heteroatoms. The summed E-state index contributed by atoms with van der Waals surface area (Å²) in [4.78, 5) is 46.0. The monoisotopic (exact) mass is 896 g/mol. The third-order valence-electron chi connectivity index (χ3n) is 10.5. The van der Waals surface area contributed by atoms with Gasteiger partial charge in [0.2, 0.25) is 0 Å². The molecule has 0 aromatic rings. The van der Waals surface area contributed by atoms with Gasteiger partial charge in [0, 0.05) is 12.8 Å². The molecule has 0 aliphatic rings. The molecule has 360 valence electrons. The van der Waals surface area contributed by atoms with E-state index in [0.717, 1.165) is 44.9 Å². The third-order valence-corrected chi connectivity index (χ3v) is 11.5. The lowest BCUT2D eigenvalue weighted by atomic mass is 10.0. The Hall–Kier alpha value is -2.56. The van der Waals surface area contributed by atoms with Crippen LogP contribution in [0.25, 0.3) is 0 Å². The predicted octanol–water partition coefficient (Wildman–Crippen LogP) is 13.7. The third kappa shape index (κ3) is 44.1. The Morgan fingerprint density at radius 2 is 0.887 bits per heavy atom. The van der Waals surface area contributed by atoms with E-state index in [1.807, 2.05) is 6.08 Å². The molecule has 0 aromatic carbocycles. The Morgan fingerprint density at radius 3 is 1.37 bits per heavy atom. The second kappa shape index (κ2) is 45.0. The second-order valence-corrected chi connectivity index (χ2v) is 18.0. The zero-order chi connectivity index (χ0) is 45.6. The van der Waals surface area contributed by atoms with Crippen molar-refractivity contribution in [3.63, 3.8) is 0 Å². The molecule has 0 aliphatic heterocycles. The van der Waals surface area contributed by atoms with Crippen LogP contribution in [0.5, 0.6) is 0 Å². The number of carbonyl (C=O) groups is 3. The first-order chi connectivity index (χ1) is 30.1. The highest BCUT2D eigenvalue weighted by molar-refractivity contribution is 7.47. The Labute approximate surface area is 377 Å². The number of allylic oxidation sites excluding steroid dienone is 8. The van der Waals surface area contributed by atoms with Crippen molar-refractivity contribution in [3.05, 3.63) is 48.6 Å². The van der Waals surface area contributed by atoms with Crippen LogP contribution in [0.3, 0.4) is 0 Å². The smallest absolute Gasteiger partial charge is 0.472 e. The van der Waals surface area contributed by atoms with E-state index in [4.69, 9.17) is 24.8 Å². The SMILES string of the molecule is CCCCCCCC/C=C/C/C=C/CCCCC(=O)OC[C@@H](COP(=O)(O)OC[C@H](N)C(=O)O)OC(=O)CCC/C=C/CC/C=C/CCCCCCCCCCCCCCCC. The molecule has 0 radical (unpaired) electrons. The minimum Gasteiger partial charge on any atom is -0.480 e. The summed E-state index contributed by atoms with van der Waals surface area (Å²) in [6, 6.07) is -1.53. The highest BCUT2D eigenvalue weighted by Crippen LogP contribution is 2.43. The van der Waals surface area contributed by atoms with Gasteiger partial charge in [0.25, 0.3) is 0 Å². The lowest BCUT2D eigenvalue weighted by Gasteiger charge is -2.20. The van der Waals surface area contributed by atoms with Crippen molar-refractivity contribution in [3.8, 4) is 0 Å². The standard InChI is InChI=1S/C50H90NO10P/c1-3-5-7-9-11-13-15-17-19-20-21-22-23-24-25-26-28-30-32-34-36-38-40-42-49(53)61-46(44-59-62(56,57)60-45-47(51)50(54)55)43-58-48(52)41-39-37-35-33-31-29-27-18-16-14-12-10-8-6-4-2/h18,26-28,31,33-34,36,46-47H,3-17,19-25,29-30,32,35,37-45,51H2,1-2H3,(H,54,55)(H,56,57)/b27-18+,28-26+,33-31+,36-34+/t46-,47-/m0/s1. The number of carbonyl (C=O) groups excluding carboxylic acids is 2. The fourth-order valence-corrected chi connectivity index (χ4v) is 7.42. The van der Waals surface area contributed by atoms with Crippen LogP contribution in [0.4, 0.5) is 0 Å². The molecule has 4 N–H and O–H groups in total. The topological polar surface area (TPSA) is 172 Å². The number of nitrogens with two attached hydrogens (primary N) is 1. The molecule has 0 fully saturated rings. The van der Waals surface area contributed by atoms with Crippen LogP contribution in [0.2, 0.25) is 0 Å². The van der Waals surface area contributed by atoms with E-state index < -0.39 is 51.1 Å². The summed E-state index contributed by atoms with van der Waals surface area (Å²) < 4.78 is 32.7. The maximum Gasteiger partial charge on any atom is 0.472 e. The zero-order valence-electron chi connectivity index (χ0n) is 39.2. The second-order valence-electron chi connectivity index (χ2n) is 16.6. The number of phosphoric acid groups is 1. The van der Waals surface area contributed by atoms with E-state index in [9.17, 15) is 23.8 Å². The lowest BCUT2D eigenvalue weighted by Crippen LogP contribution is -2.34. The predicted molar refractivity (Wildman–Crippen MR) is 254 cm³/mol. The first kappa shape index (κ1) is 59.4. The van der Waals surface area contributed by atoms with Gasteiger partial charge in [-0.25, -0.2) is 4.57 Å². The summed E-state index contributed by atoms with van der Waals surface area (Å²) in [5, 5.41) is 8.91. The number of carboxylic acid groups (broad SMARTS) is 1. The average molecular weight is 896 g/mol. The normalized spacial score (nSPS) is 14.0. The van der Waals surface area contributed by atoms with Crippen molar-refractivity contribution >= 4 is 25.7 Å². The fourth-order valence-electron chi connectivity index (χ4n) is 6.65. The van der Waals surface area contributed by atoms with Crippen molar-refractivity contribution in [2.45, 2.75) is 231 Å². The summed E-state index contributed by atoms with van der Waals surface area (Å²) >= 11 is 0. The van der Waals surface area contributed by atoms with Crippen LogP contribution in [-0.2, 0) is 37.5 Å².